The quantitative estimate of drug-likeness (QED) is 0.494. The minimum absolute atomic E-state index is 0.213. The van der Waals surface area contributed by atoms with E-state index in [1.54, 1.807) is 12.3 Å². The van der Waals surface area contributed by atoms with Gasteiger partial charge >= 0.3 is 11.8 Å². The van der Waals surface area contributed by atoms with Crippen LogP contribution in [0.25, 0.3) is 10.9 Å². The second-order valence-corrected chi connectivity index (χ2v) is 5.18. The van der Waals surface area contributed by atoms with Crippen LogP contribution in [0.5, 0.6) is 0 Å². The molecule has 9 nitrogen and oxygen atoms in total. The summed E-state index contributed by atoms with van der Waals surface area (Å²) < 4.78 is 0. The molecule has 0 aromatic carbocycles. The van der Waals surface area contributed by atoms with Crippen LogP contribution in [-0.4, -0.2) is 26.1 Å². The Morgan fingerprint density at radius 3 is 2.16 bits per heavy atom. The lowest BCUT2D eigenvalue weighted by molar-refractivity contribution is -0.191. The van der Waals surface area contributed by atoms with Crippen molar-refractivity contribution in [2.75, 3.05) is 5.73 Å². The second-order valence-electron chi connectivity index (χ2n) is 4.41. The van der Waals surface area contributed by atoms with Crippen molar-refractivity contribution in [2.45, 2.75) is 6.92 Å². The number of rotatable bonds is 0. The number of aromatic nitrogens is 4. The SMILES string of the molecule is Cc1cc(Cl)ncc1N.O=C=O.O=c1[nH]c(=O)c2cc(Cl)ncc2[nH]1. The smallest absolute Gasteiger partial charge is 0.373 e. The molecule has 0 aliphatic carbocycles. The maximum atomic E-state index is 11.2. The van der Waals surface area contributed by atoms with Crippen LogP contribution in [0, 0.1) is 6.92 Å². The third-order valence-corrected chi connectivity index (χ3v) is 3.12. The number of hydrogen-bond acceptors (Lipinski definition) is 7. The Morgan fingerprint density at radius 1 is 1.04 bits per heavy atom. The number of nitrogens with two attached hydrogens (primary N) is 1. The summed E-state index contributed by atoms with van der Waals surface area (Å²) in [6, 6.07) is 3.13. The summed E-state index contributed by atoms with van der Waals surface area (Å²) in [6.45, 7) is 1.89. The van der Waals surface area contributed by atoms with Crippen molar-refractivity contribution in [3.05, 3.63) is 61.2 Å². The minimum Gasteiger partial charge on any atom is -0.397 e. The molecule has 0 unspecified atom stereocenters. The van der Waals surface area contributed by atoms with Crippen LogP contribution >= 0.6 is 23.2 Å². The Balaban J connectivity index is 0.000000228. The number of fused-ring (bicyclic) bond motifs is 1. The molecule has 0 bridgehead atoms. The Morgan fingerprint density at radius 2 is 1.60 bits per heavy atom. The van der Waals surface area contributed by atoms with Crippen molar-refractivity contribution in [3.8, 4) is 0 Å². The largest absolute Gasteiger partial charge is 0.397 e. The number of carbonyl (C=O) groups excluding carboxylic acids is 2. The second kappa shape index (κ2) is 9.33. The van der Waals surface area contributed by atoms with E-state index in [4.69, 9.17) is 38.5 Å². The summed E-state index contributed by atoms with van der Waals surface area (Å²) >= 11 is 11.1. The number of nitrogens with one attached hydrogen (secondary N) is 2. The zero-order valence-electron chi connectivity index (χ0n) is 12.7. The van der Waals surface area contributed by atoms with Gasteiger partial charge in [0, 0.05) is 0 Å². The van der Waals surface area contributed by atoms with Crippen molar-refractivity contribution in [3.63, 3.8) is 0 Å². The van der Waals surface area contributed by atoms with Gasteiger partial charge in [0.25, 0.3) is 5.56 Å². The number of pyridine rings is 2. The Labute approximate surface area is 149 Å². The average Bonchev–Trinajstić information content (AvgIpc) is 2.53. The number of anilines is 1. The third-order valence-electron chi connectivity index (χ3n) is 2.71. The van der Waals surface area contributed by atoms with Crippen LogP contribution in [0.15, 0.2) is 34.1 Å². The van der Waals surface area contributed by atoms with Crippen LogP contribution < -0.4 is 17.0 Å². The van der Waals surface area contributed by atoms with E-state index in [1.165, 1.54) is 12.3 Å². The Kier molecular flexibility index (Phi) is 7.48. The third kappa shape index (κ3) is 6.19. The predicted octanol–water partition coefficient (Wildman–Crippen LogP) is 1.31. The van der Waals surface area contributed by atoms with E-state index < -0.39 is 11.2 Å². The van der Waals surface area contributed by atoms with Crippen molar-refractivity contribution in [1.29, 1.82) is 0 Å². The van der Waals surface area contributed by atoms with E-state index in [1.807, 2.05) is 6.92 Å². The van der Waals surface area contributed by atoms with Crippen LogP contribution in [0.4, 0.5) is 5.69 Å². The van der Waals surface area contributed by atoms with Crippen LogP contribution in [0.2, 0.25) is 10.3 Å². The van der Waals surface area contributed by atoms with Crippen molar-refractivity contribution in [1.82, 2.24) is 19.9 Å². The first kappa shape index (κ1) is 20.0. The van der Waals surface area contributed by atoms with Crippen molar-refractivity contribution < 1.29 is 9.59 Å². The van der Waals surface area contributed by atoms with E-state index in [-0.39, 0.29) is 11.3 Å². The summed E-state index contributed by atoms with van der Waals surface area (Å²) in [5, 5.41) is 1.02. The molecule has 3 aromatic heterocycles. The fourth-order valence-electron chi connectivity index (χ4n) is 1.57. The van der Waals surface area contributed by atoms with Crippen LogP contribution in [-0.2, 0) is 9.59 Å². The molecule has 0 spiro atoms. The first-order chi connectivity index (χ1) is 11.8. The first-order valence-electron chi connectivity index (χ1n) is 6.43. The molecule has 11 heteroatoms. The summed E-state index contributed by atoms with van der Waals surface area (Å²) in [6.07, 6.45) is 3.14. The Hall–Kier alpha value is -3.00. The highest BCUT2D eigenvalue weighted by Gasteiger charge is 2.01. The highest BCUT2D eigenvalue weighted by molar-refractivity contribution is 6.30. The van der Waals surface area contributed by atoms with Gasteiger partial charge in [-0.2, -0.15) is 9.59 Å². The number of nitrogens with zero attached hydrogens (tertiary/aromatic N) is 2. The van der Waals surface area contributed by atoms with Crippen LogP contribution in [0.1, 0.15) is 5.56 Å². The molecule has 3 aromatic rings. The standard InChI is InChI=1S/C7H4ClN3O2.C6H7ClN2.CO2/c8-5-1-3-4(2-9-5)10-7(13)11-6(3)12;1-4-2-6(7)9-3-5(4)8;2-1-3/h1-2H,(H2,10,11,12,13);2-3H,8H2,1H3;. The molecule has 0 aliphatic rings. The topological polar surface area (TPSA) is 152 Å². The lowest BCUT2D eigenvalue weighted by Crippen LogP contribution is -2.21. The minimum atomic E-state index is -0.554. The molecule has 0 fully saturated rings. The molecule has 130 valence electrons. The number of aryl methyl sites for hydroxylation is 1. The zero-order valence-corrected chi connectivity index (χ0v) is 14.2. The molecular weight excluding hydrogens is 373 g/mol. The molecule has 25 heavy (non-hydrogen) atoms. The lowest BCUT2D eigenvalue weighted by atomic mass is 10.3. The fraction of sp³-hybridized carbons (Fsp3) is 0.0714. The molecule has 0 saturated heterocycles. The van der Waals surface area contributed by atoms with Gasteiger partial charge in [0.05, 0.1) is 29.0 Å². The molecule has 3 rings (SSSR count). The molecule has 3 heterocycles. The van der Waals surface area contributed by atoms with E-state index >= 15 is 0 Å². The summed E-state index contributed by atoms with van der Waals surface area (Å²) in [5.74, 6) is 0. The van der Waals surface area contributed by atoms with Gasteiger partial charge in [-0.3, -0.25) is 9.78 Å². The van der Waals surface area contributed by atoms with Crippen LogP contribution in [0.3, 0.4) is 0 Å². The molecule has 0 radical (unpaired) electrons. The first-order valence-corrected chi connectivity index (χ1v) is 7.18. The van der Waals surface area contributed by atoms with E-state index in [9.17, 15) is 9.59 Å². The van der Waals surface area contributed by atoms with Gasteiger partial charge in [-0.05, 0) is 24.6 Å². The van der Waals surface area contributed by atoms with Gasteiger partial charge < -0.3 is 10.7 Å². The number of nitrogen functional groups attached to an aromatic ring is 1. The van der Waals surface area contributed by atoms with E-state index in [0.29, 0.717) is 21.7 Å². The molecule has 0 amide bonds. The summed E-state index contributed by atoms with van der Waals surface area (Å²) in [7, 11) is 0. The maximum Gasteiger partial charge on any atom is 0.373 e. The summed E-state index contributed by atoms with van der Waals surface area (Å²) in [4.78, 5) is 50.3. The molecule has 4 N–H and O–H groups in total. The zero-order chi connectivity index (χ0) is 19.0. The van der Waals surface area contributed by atoms with Gasteiger partial charge in [-0.15, -0.1) is 0 Å². The monoisotopic (exact) mass is 383 g/mol. The molecular formula is C14H11Cl2N5O4. The predicted molar refractivity (Wildman–Crippen MR) is 91.4 cm³/mol. The fourth-order valence-corrected chi connectivity index (χ4v) is 1.94. The molecule has 0 atom stereocenters. The van der Waals surface area contributed by atoms with Gasteiger partial charge in [-0.25, -0.2) is 14.8 Å². The lowest BCUT2D eigenvalue weighted by Gasteiger charge is -1.96. The number of hydrogen-bond donors (Lipinski definition) is 3. The average molecular weight is 384 g/mol. The normalized spacial score (nSPS) is 9.24. The van der Waals surface area contributed by atoms with E-state index in [2.05, 4.69) is 19.9 Å². The number of H-pyrrole nitrogens is 2. The highest BCUT2D eigenvalue weighted by atomic mass is 35.5. The number of aromatic amines is 2. The van der Waals surface area contributed by atoms with Gasteiger partial charge in [0.15, 0.2) is 0 Å². The van der Waals surface area contributed by atoms with Crippen molar-refractivity contribution >= 4 is 45.9 Å². The van der Waals surface area contributed by atoms with Gasteiger partial charge in [-0.1, -0.05) is 23.2 Å². The highest BCUT2D eigenvalue weighted by Crippen LogP contribution is 2.12. The maximum absolute atomic E-state index is 11.2. The Bertz CT molecular complexity index is 1030. The molecule has 0 aliphatic heterocycles. The van der Waals surface area contributed by atoms with Crippen molar-refractivity contribution in [2.24, 2.45) is 0 Å². The molecule has 0 saturated carbocycles. The van der Waals surface area contributed by atoms with Gasteiger partial charge in [0.1, 0.15) is 10.3 Å². The number of halogens is 2. The van der Waals surface area contributed by atoms with Gasteiger partial charge in [0.2, 0.25) is 0 Å². The van der Waals surface area contributed by atoms with E-state index in [0.717, 1.165) is 5.56 Å². The summed E-state index contributed by atoms with van der Waals surface area (Å²) in [5.41, 5.74) is 6.46.